The summed E-state index contributed by atoms with van der Waals surface area (Å²) in [6.45, 7) is 0. The van der Waals surface area contributed by atoms with E-state index in [1.54, 1.807) is 42.5 Å². The van der Waals surface area contributed by atoms with Gasteiger partial charge >= 0.3 is 0 Å². The van der Waals surface area contributed by atoms with Gasteiger partial charge in [0.25, 0.3) is 0 Å². The van der Waals surface area contributed by atoms with Gasteiger partial charge in [-0.3, -0.25) is 0 Å². The molecule has 0 heterocycles. The molecular weight excluding hydrogens is 239 g/mol. The highest BCUT2D eigenvalue weighted by Gasteiger charge is 2.13. The van der Waals surface area contributed by atoms with E-state index >= 15 is 0 Å². The van der Waals surface area contributed by atoms with Gasteiger partial charge < -0.3 is 5.11 Å². The summed E-state index contributed by atoms with van der Waals surface area (Å²) >= 11 is 5.97. The molecule has 2 aromatic carbocycles. The van der Waals surface area contributed by atoms with Crippen molar-refractivity contribution in [2.45, 2.75) is 12.5 Å². The Balaban J connectivity index is 2.20. The van der Waals surface area contributed by atoms with E-state index in [9.17, 15) is 9.50 Å². The molecule has 3 heteroatoms. The van der Waals surface area contributed by atoms with Gasteiger partial charge in [0.05, 0.1) is 6.10 Å². The summed E-state index contributed by atoms with van der Waals surface area (Å²) in [6.07, 6.45) is -0.572. The van der Waals surface area contributed by atoms with Crippen LogP contribution in [0.25, 0.3) is 0 Å². The molecule has 1 unspecified atom stereocenters. The summed E-state index contributed by atoms with van der Waals surface area (Å²) < 4.78 is 13.4. The summed E-state index contributed by atoms with van der Waals surface area (Å²) in [5.74, 6) is -0.307. The molecule has 17 heavy (non-hydrogen) atoms. The van der Waals surface area contributed by atoms with Gasteiger partial charge in [-0.05, 0) is 23.3 Å². The van der Waals surface area contributed by atoms with E-state index in [4.69, 9.17) is 11.6 Å². The molecule has 1 N–H and O–H groups in total. The van der Waals surface area contributed by atoms with E-state index in [1.807, 2.05) is 0 Å². The third kappa shape index (κ3) is 2.84. The zero-order valence-electron chi connectivity index (χ0n) is 9.11. The van der Waals surface area contributed by atoms with Gasteiger partial charge in [-0.25, -0.2) is 4.39 Å². The Morgan fingerprint density at radius 1 is 1.06 bits per heavy atom. The minimum absolute atomic E-state index is 0.219. The topological polar surface area (TPSA) is 20.2 Å². The molecule has 0 saturated carbocycles. The van der Waals surface area contributed by atoms with E-state index in [2.05, 4.69) is 0 Å². The van der Waals surface area contributed by atoms with Crippen LogP contribution in [0.2, 0.25) is 5.02 Å². The van der Waals surface area contributed by atoms with Gasteiger partial charge in [-0.15, -0.1) is 0 Å². The molecule has 2 rings (SSSR count). The zero-order valence-corrected chi connectivity index (χ0v) is 9.86. The fraction of sp³-hybridized carbons (Fsp3) is 0.143. The third-order valence-corrected chi connectivity index (χ3v) is 2.98. The summed E-state index contributed by atoms with van der Waals surface area (Å²) in [7, 11) is 0. The maximum absolute atomic E-state index is 13.4. The van der Waals surface area contributed by atoms with Crippen molar-refractivity contribution in [3.63, 3.8) is 0 Å². The quantitative estimate of drug-likeness (QED) is 0.880. The number of hydrogen-bond acceptors (Lipinski definition) is 1. The van der Waals surface area contributed by atoms with E-state index in [0.717, 1.165) is 0 Å². The molecule has 88 valence electrons. The maximum Gasteiger partial charge on any atom is 0.126 e. The first-order valence-corrected chi connectivity index (χ1v) is 5.72. The van der Waals surface area contributed by atoms with Crippen LogP contribution in [-0.2, 0) is 6.42 Å². The number of rotatable bonds is 3. The van der Waals surface area contributed by atoms with Crippen LogP contribution < -0.4 is 0 Å². The summed E-state index contributed by atoms with van der Waals surface area (Å²) in [4.78, 5) is 0. The van der Waals surface area contributed by atoms with Crippen molar-refractivity contribution < 1.29 is 9.50 Å². The van der Waals surface area contributed by atoms with E-state index in [0.29, 0.717) is 16.1 Å². The van der Waals surface area contributed by atoms with Crippen molar-refractivity contribution in [1.82, 2.24) is 0 Å². The highest BCUT2D eigenvalue weighted by atomic mass is 35.5. The standard InChI is InChI=1S/C14H12ClFO/c15-12-7-3-2-6-11(12)14(17)9-10-5-1-4-8-13(10)16/h1-8,14,17H,9H2. The molecule has 0 fully saturated rings. The lowest BCUT2D eigenvalue weighted by Crippen LogP contribution is -2.04. The lowest BCUT2D eigenvalue weighted by molar-refractivity contribution is 0.177. The van der Waals surface area contributed by atoms with Gasteiger partial charge in [0.2, 0.25) is 0 Å². The maximum atomic E-state index is 13.4. The normalized spacial score (nSPS) is 12.4. The first-order valence-electron chi connectivity index (χ1n) is 5.34. The molecule has 2 aromatic rings. The van der Waals surface area contributed by atoms with E-state index in [-0.39, 0.29) is 12.2 Å². The SMILES string of the molecule is OC(Cc1ccccc1F)c1ccccc1Cl. The van der Waals surface area contributed by atoms with Gasteiger partial charge in [0.1, 0.15) is 5.82 Å². The Labute approximate surface area is 104 Å². The van der Waals surface area contributed by atoms with Crippen LogP contribution in [-0.4, -0.2) is 5.11 Å². The van der Waals surface area contributed by atoms with Crippen LogP contribution in [0.4, 0.5) is 4.39 Å². The number of aliphatic hydroxyl groups is 1. The molecule has 1 nitrogen and oxygen atoms in total. The molecule has 0 radical (unpaired) electrons. The number of aliphatic hydroxyl groups excluding tert-OH is 1. The van der Waals surface area contributed by atoms with Crippen molar-refractivity contribution in [2.24, 2.45) is 0 Å². The molecule has 0 aliphatic carbocycles. The van der Waals surface area contributed by atoms with Crippen molar-refractivity contribution in [3.05, 3.63) is 70.5 Å². The van der Waals surface area contributed by atoms with Crippen LogP contribution in [0, 0.1) is 5.82 Å². The van der Waals surface area contributed by atoms with Crippen molar-refractivity contribution in [3.8, 4) is 0 Å². The Bertz CT molecular complexity index is 513. The molecule has 0 aliphatic rings. The van der Waals surface area contributed by atoms with E-state index in [1.165, 1.54) is 6.07 Å². The molecule has 0 bridgehead atoms. The largest absolute Gasteiger partial charge is 0.388 e. The predicted octanol–water partition coefficient (Wildman–Crippen LogP) is 3.76. The molecule has 0 aromatic heterocycles. The average molecular weight is 251 g/mol. The molecule has 0 saturated heterocycles. The van der Waals surface area contributed by atoms with Crippen LogP contribution in [0.1, 0.15) is 17.2 Å². The first kappa shape index (κ1) is 12.1. The smallest absolute Gasteiger partial charge is 0.126 e. The monoisotopic (exact) mass is 250 g/mol. The summed E-state index contributed by atoms with van der Waals surface area (Å²) in [5, 5.41) is 10.5. The van der Waals surface area contributed by atoms with Crippen molar-refractivity contribution in [2.75, 3.05) is 0 Å². The van der Waals surface area contributed by atoms with Crippen LogP contribution in [0.5, 0.6) is 0 Å². The number of halogens is 2. The van der Waals surface area contributed by atoms with Crippen molar-refractivity contribution >= 4 is 11.6 Å². The molecule has 0 amide bonds. The van der Waals surface area contributed by atoms with Crippen LogP contribution >= 0.6 is 11.6 Å². The second-order valence-corrected chi connectivity index (χ2v) is 4.24. The Morgan fingerprint density at radius 3 is 2.41 bits per heavy atom. The highest BCUT2D eigenvalue weighted by Crippen LogP contribution is 2.25. The summed E-state index contributed by atoms with van der Waals surface area (Å²) in [6, 6.07) is 13.5. The minimum Gasteiger partial charge on any atom is -0.388 e. The fourth-order valence-electron chi connectivity index (χ4n) is 1.73. The third-order valence-electron chi connectivity index (χ3n) is 2.64. The summed E-state index contributed by atoms with van der Waals surface area (Å²) in [5.41, 5.74) is 1.11. The molecule has 1 atom stereocenters. The fourth-order valence-corrected chi connectivity index (χ4v) is 1.99. The number of hydrogen-bond donors (Lipinski definition) is 1. The second-order valence-electron chi connectivity index (χ2n) is 3.83. The van der Waals surface area contributed by atoms with E-state index < -0.39 is 6.10 Å². The first-order chi connectivity index (χ1) is 8.18. The Hall–Kier alpha value is -1.38. The molecule has 0 aliphatic heterocycles. The minimum atomic E-state index is -0.791. The predicted molar refractivity (Wildman–Crippen MR) is 66.5 cm³/mol. The average Bonchev–Trinajstić information content (AvgIpc) is 2.32. The highest BCUT2D eigenvalue weighted by molar-refractivity contribution is 6.31. The number of benzene rings is 2. The zero-order chi connectivity index (χ0) is 12.3. The lowest BCUT2D eigenvalue weighted by atomic mass is 10.0. The van der Waals surface area contributed by atoms with Crippen molar-refractivity contribution in [1.29, 1.82) is 0 Å². The van der Waals surface area contributed by atoms with Crippen LogP contribution in [0.15, 0.2) is 48.5 Å². The second kappa shape index (κ2) is 5.30. The lowest BCUT2D eigenvalue weighted by Gasteiger charge is -2.13. The molecular formula is C14H12ClFO. The van der Waals surface area contributed by atoms with Gasteiger partial charge in [0.15, 0.2) is 0 Å². The van der Waals surface area contributed by atoms with Gasteiger partial charge in [-0.1, -0.05) is 48.0 Å². The van der Waals surface area contributed by atoms with Crippen LogP contribution in [0.3, 0.4) is 0 Å². The van der Waals surface area contributed by atoms with Gasteiger partial charge in [-0.2, -0.15) is 0 Å². The van der Waals surface area contributed by atoms with Gasteiger partial charge in [0, 0.05) is 11.4 Å². The Kier molecular flexibility index (Phi) is 3.77. The molecule has 0 spiro atoms. The Morgan fingerprint density at radius 2 is 1.71 bits per heavy atom.